The summed E-state index contributed by atoms with van der Waals surface area (Å²) >= 11 is 0. The zero-order chi connectivity index (χ0) is 18.8. The van der Waals surface area contributed by atoms with Gasteiger partial charge in [-0.25, -0.2) is 0 Å². The number of anilines is 1. The SMILES string of the molecule is CCCC(=O)Nc1ccc(C(=O)NCCNC(=O)c2ccccc2)cc1. The minimum atomic E-state index is -0.231. The van der Waals surface area contributed by atoms with Crippen molar-refractivity contribution in [2.24, 2.45) is 0 Å². The maximum absolute atomic E-state index is 12.1. The van der Waals surface area contributed by atoms with E-state index in [9.17, 15) is 14.4 Å². The smallest absolute Gasteiger partial charge is 0.251 e. The second kappa shape index (κ2) is 9.98. The standard InChI is InChI=1S/C20H23N3O3/c1-2-6-18(24)23-17-11-9-16(10-12-17)20(26)22-14-13-21-19(25)15-7-4-3-5-8-15/h3-5,7-12H,2,6,13-14H2,1H3,(H,21,25)(H,22,26)(H,23,24). The Morgan fingerprint density at radius 2 is 1.31 bits per heavy atom. The number of benzene rings is 2. The molecule has 2 rings (SSSR count). The van der Waals surface area contributed by atoms with Gasteiger partial charge >= 0.3 is 0 Å². The third-order valence-electron chi connectivity index (χ3n) is 3.64. The number of nitrogens with one attached hydrogen (secondary N) is 3. The molecule has 6 nitrogen and oxygen atoms in total. The van der Waals surface area contributed by atoms with Crippen molar-refractivity contribution in [3.63, 3.8) is 0 Å². The number of carbonyl (C=O) groups is 3. The molecule has 26 heavy (non-hydrogen) atoms. The summed E-state index contributed by atoms with van der Waals surface area (Å²) in [6.45, 7) is 2.60. The lowest BCUT2D eigenvalue weighted by Gasteiger charge is -2.08. The van der Waals surface area contributed by atoms with Gasteiger partial charge in [-0.1, -0.05) is 25.1 Å². The largest absolute Gasteiger partial charge is 0.350 e. The minimum Gasteiger partial charge on any atom is -0.350 e. The summed E-state index contributed by atoms with van der Waals surface area (Å²) in [7, 11) is 0. The van der Waals surface area contributed by atoms with Crippen LogP contribution in [0.5, 0.6) is 0 Å². The van der Waals surface area contributed by atoms with Crippen LogP contribution < -0.4 is 16.0 Å². The molecule has 0 aliphatic carbocycles. The third kappa shape index (κ3) is 6.05. The van der Waals surface area contributed by atoms with E-state index in [0.717, 1.165) is 6.42 Å². The number of hydrogen-bond donors (Lipinski definition) is 3. The number of carbonyl (C=O) groups excluding carboxylic acids is 3. The van der Waals surface area contributed by atoms with Gasteiger partial charge < -0.3 is 16.0 Å². The molecule has 2 aromatic rings. The Labute approximate surface area is 153 Å². The topological polar surface area (TPSA) is 87.3 Å². The van der Waals surface area contributed by atoms with Crippen molar-refractivity contribution in [3.8, 4) is 0 Å². The minimum absolute atomic E-state index is 0.0427. The zero-order valence-electron chi connectivity index (χ0n) is 14.7. The molecular weight excluding hydrogens is 330 g/mol. The maximum Gasteiger partial charge on any atom is 0.251 e. The van der Waals surface area contributed by atoms with Gasteiger partial charge in [-0.3, -0.25) is 14.4 Å². The summed E-state index contributed by atoms with van der Waals surface area (Å²) in [5, 5.41) is 8.26. The van der Waals surface area contributed by atoms with Crippen LogP contribution in [0.4, 0.5) is 5.69 Å². The molecular formula is C20H23N3O3. The zero-order valence-corrected chi connectivity index (χ0v) is 14.7. The predicted molar refractivity (Wildman–Crippen MR) is 101 cm³/mol. The van der Waals surface area contributed by atoms with Crippen molar-refractivity contribution >= 4 is 23.4 Å². The first-order chi connectivity index (χ1) is 12.6. The lowest BCUT2D eigenvalue weighted by Crippen LogP contribution is -2.34. The van der Waals surface area contributed by atoms with Crippen molar-refractivity contribution in [2.75, 3.05) is 18.4 Å². The number of amides is 3. The van der Waals surface area contributed by atoms with Crippen LogP contribution in [0.3, 0.4) is 0 Å². The summed E-state index contributed by atoms with van der Waals surface area (Å²) in [4.78, 5) is 35.5. The molecule has 0 spiro atoms. The summed E-state index contributed by atoms with van der Waals surface area (Å²) in [6, 6.07) is 15.6. The molecule has 0 aliphatic rings. The van der Waals surface area contributed by atoms with Crippen LogP contribution in [-0.4, -0.2) is 30.8 Å². The summed E-state index contributed by atoms with van der Waals surface area (Å²) in [5.41, 5.74) is 1.74. The second-order valence-electron chi connectivity index (χ2n) is 5.75. The van der Waals surface area contributed by atoms with Crippen LogP contribution in [-0.2, 0) is 4.79 Å². The van der Waals surface area contributed by atoms with E-state index >= 15 is 0 Å². The van der Waals surface area contributed by atoms with E-state index in [2.05, 4.69) is 16.0 Å². The average Bonchev–Trinajstić information content (AvgIpc) is 2.66. The van der Waals surface area contributed by atoms with E-state index in [1.165, 1.54) is 0 Å². The van der Waals surface area contributed by atoms with Gasteiger partial charge in [-0.15, -0.1) is 0 Å². The van der Waals surface area contributed by atoms with Crippen molar-refractivity contribution in [2.45, 2.75) is 19.8 Å². The van der Waals surface area contributed by atoms with Gasteiger partial charge in [0.05, 0.1) is 0 Å². The van der Waals surface area contributed by atoms with Gasteiger partial charge in [0.25, 0.3) is 11.8 Å². The lowest BCUT2D eigenvalue weighted by molar-refractivity contribution is -0.116. The molecule has 0 radical (unpaired) electrons. The molecule has 0 unspecified atom stereocenters. The van der Waals surface area contributed by atoms with Gasteiger partial charge in [0.2, 0.25) is 5.91 Å². The highest BCUT2D eigenvalue weighted by atomic mass is 16.2. The van der Waals surface area contributed by atoms with E-state index in [-0.39, 0.29) is 17.7 Å². The molecule has 0 bridgehead atoms. The van der Waals surface area contributed by atoms with E-state index < -0.39 is 0 Å². The van der Waals surface area contributed by atoms with Crippen LogP contribution in [0.25, 0.3) is 0 Å². The van der Waals surface area contributed by atoms with Gasteiger partial charge in [-0.2, -0.15) is 0 Å². The van der Waals surface area contributed by atoms with Gasteiger partial charge in [-0.05, 0) is 42.8 Å². The molecule has 2 aromatic carbocycles. The Morgan fingerprint density at radius 1 is 0.769 bits per heavy atom. The maximum atomic E-state index is 12.1. The highest BCUT2D eigenvalue weighted by Crippen LogP contribution is 2.10. The van der Waals surface area contributed by atoms with Gasteiger partial charge in [0.15, 0.2) is 0 Å². The first-order valence-electron chi connectivity index (χ1n) is 8.61. The highest BCUT2D eigenvalue weighted by Gasteiger charge is 2.07. The fourth-order valence-electron chi connectivity index (χ4n) is 2.30. The van der Waals surface area contributed by atoms with Gasteiger partial charge in [0, 0.05) is 36.3 Å². The Bertz CT molecular complexity index is 743. The molecule has 0 fully saturated rings. The summed E-state index contributed by atoms with van der Waals surface area (Å²) in [6.07, 6.45) is 1.25. The predicted octanol–water partition coefficient (Wildman–Crippen LogP) is 2.59. The average molecular weight is 353 g/mol. The molecule has 0 atom stereocenters. The summed E-state index contributed by atoms with van der Waals surface area (Å²) < 4.78 is 0. The highest BCUT2D eigenvalue weighted by molar-refractivity contribution is 5.96. The van der Waals surface area contributed by atoms with E-state index in [4.69, 9.17) is 0 Å². The monoisotopic (exact) mass is 353 g/mol. The Morgan fingerprint density at radius 3 is 1.85 bits per heavy atom. The van der Waals surface area contributed by atoms with Crippen molar-refractivity contribution < 1.29 is 14.4 Å². The van der Waals surface area contributed by atoms with Crippen LogP contribution in [0.2, 0.25) is 0 Å². The third-order valence-corrected chi connectivity index (χ3v) is 3.64. The number of hydrogen-bond acceptors (Lipinski definition) is 3. The van der Waals surface area contributed by atoms with E-state index in [1.54, 1.807) is 48.5 Å². The lowest BCUT2D eigenvalue weighted by atomic mass is 10.2. The molecule has 3 N–H and O–H groups in total. The fraction of sp³-hybridized carbons (Fsp3) is 0.250. The fourth-order valence-corrected chi connectivity index (χ4v) is 2.30. The molecule has 6 heteroatoms. The quantitative estimate of drug-likeness (QED) is 0.638. The molecule has 0 heterocycles. The van der Waals surface area contributed by atoms with Crippen LogP contribution in [0, 0.1) is 0 Å². The molecule has 0 aliphatic heterocycles. The molecule has 136 valence electrons. The molecule has 3 amide bonds. The molecule has 0 saturated carbocycles. The van der Waals surface area contributed by atoms with Crippen molar-refractivity contribution in [1.29, 1.82) is 0 Å². The second-order valence-corrected chi connectivity index (χ2v) is 5.75. The van der Waals surface area contributed by atoms with Crippen molar-refractivity contribution in [3.05, 3.63) is 65.7 Å². The Hall–Kier alpha value is -3.15. The Kier molecular flexibility index (Phi) is 7.36. The van der Waals surface area contributed by atoms with Gasteiger partial charge in [0.1, 0.15) is 0 Å². The van der Waals surface area contributed by atoms with Crippen LogP contribution in [0.1, 0.15) is 40.5 Å². The van der Waals surface area contributed by atoms with Crippen LogP contribution >= 0.6 is 0 Å². The summed E-state index contributed by atoms with van der Waals surface area (Å²) in [5.74, 6) is -0.448. The normalized spacial score (nSPS) is 10.0. The van der Waals surface area contributed by atoms with E-state index in [0.29, 0.717) is 36.3 Å². The first-order valence-corrected chi connectivity index (χ1v) is 8.61. The Balaban J connectivity index is 1.74. The number of rotatable bonds is 8. The first kappa shape index (κ1) is 19.2. The van der Waals surface area contributed by atoms with Crippen molar-refractivity contribution in [1.82, 2.24) is 10.6 Å². The molecule has 0 aromatic heterocycles. The molecule has 0 saturated heterocycles. The van der Waals surface area contributed by atoms with Crippen LogP contribution in [0.15, 0.2) is 54.6 Å². The van der Waals surface area contributed by atoms with E-state index in [1.807, 2.05) is 13.0 Å².